The number of rotatable bonds is 6. The van der Waals surface area contributed by atoms with E-state index in [1.807, 2.05) is 13.8 Å². The van der Waals surface area contributed by atoms with E-state index in [4.69, 9.17) is 0 Å². The highest BCUT2D eigenvalue weighted by Gasteiger charge is 2.25. The maximum atomic E-state index is 12.5. The van der Waals surface area contributed by atoms with Gasteiger partial charge in [0.2, 0.25) is 5.91 Å². The summed E-state index contributed by atoms with van der Waals surface area (Å²) in [7, 11) is 0. The van der Waals surface area contributed by atoms with Crippen LogP contribution < -0.4 is 5.32 Å². The number of carbonyl (C=O) groups excluding carboxylic acids is 2. The highest BCUT2D eigenvalue weighted by atomic mass is 16.6. The number of hydrogen-bond donors (Lipinski definition) is 1. The first-order valence-electron chi connectivity index (χ1n) is 7.10. The Labute approximate surface area is 129 Å². The maximum Gasteiger partial charge on any atom is 0.282 e. The number of carbonyl (C=O) groups is 2. The molecule has 0 aromatic heterocycles. The van der Waals surface area contributed by atoms with Gasteiger partial charge < -0.3 is 10.2 Å². The van der Waals surface area contributed by atoms with Gasteiger partial charge in [0.25, 0.3) is 11.6 Å². The van der Waals surface area contributed by atoms with Gasteiger partial charge in [-0.3, -0.25) is 19.7 Å². The van der Waals surface area contributed by atoms with Gasteiger partial charge in [-0.1, -0.05) is 6.07 Å². The van der Waals surface area contributed by atoms with Crippen LogP contribution in [-0.4, -0.2) is 40.8 Å². The average Bonchev–Trinajstić information content (AvgIpc) is 2.42. The predicted molar refractivity (Wildman–Crippen MR) is 82.7 cm³/mol. The lowest BCUT2D eigenvalue weighted by atomic mass is 10.1. The summed E-state index contributed by atoms with van der Waals surface area (Å²) in [6, 6.07) is 4.33. The van der Waals surface area contributed by atoms with E-state index in [-0.39, 0.29) is 36.3 Å². The summed E-state index contributed by atoms with van der Waals surface area (Å²) in [6.07, 6.45) is 0. The van der Waals surface area contributed by atoms with Crippen LogP contribution >= 0.6 is 0 Å². The average molecular weight is 307 g/mol. The topological polar surface area (TPSA) is 92.6 Å². The Bertz CT molecular complexity index is 584. The van der Waals surface area contributed by atoms with E-state index in [0.29, 0.717) is 0 Å². The summed E-state index contributed by atoms with van der Waals surface area (Å²) in [5.41, 5.74) is 0.499. The van der Waals surface area contributed by atoms with Crippen molar-refractivity contribution in [3.63, 3.8) is 0 Å². The second kappa shape index (κ2) is 7.53. The van der Waals surface area contributed by atoms with E-state index < -0.39 is 10.8 Å². The number of benzene rings is 1. The van der Waals surface area contributed by atoms with Gasteiger partial charge in [0, 0.05) is 18.7 Å². The van der Waals surface area contributed by atoms with Crippen LogP contribution in [0.4, 0.5) is 5.69 Å². The molecule has 0 aliphatic carbocycles. The summed E-state index contributed by atoms with van der Waals surface area (Å²) in [4.78, 5) is 36.1. The van der Waals surface area contributed by atoms with E-state index in [2.05, 4.69) is 5.32 Å². The van der Waals surface area contributed by atoms with E-state index >= 15 is 0 Å². The third kappa shape index (κ3) is 4.54. The fraction of sp³-hybridized carbons (Fsp3) is 0.467. The minimum absolute atomic E-state index is 0.00389. The van der Waals surface area contributed by atoms with Gasteiger partial charge in [-0.2, -0.15) is 0 Å². The Morgan fingerprint density at radius 1 is 1.36 bits per heavy atom. The molecular formula is C15H21N3O4. The van der Waals surface area contributed by atoms with Crippen molar-refractivity contribution in [1.29, 1.82) is 0 Å². The first-order chi connectivity index (χ1) is 10.3. The number of nitro groups is 1. The second-order valence-corrected chi connectivity index (χ2v) is 5.32. The van der Waals surface area contributed by atoms with Crippen molar-refractivity contribution < 1.29 is 14.5 Å². The molecule has 0 fully saturated rings. The van der Waals surface area contributed by atoms with Gasteiger partial charge in [-0.05, 0) is 39.3 Å². The standard InChI is InChI=1S/C15H21N3O4/c1-5-17(9-14(19)16-10(2)3)15(20)12-8-11(4)6-7-13(12)18(21)22/h6-8,10H,5,9H2,1-4H3,(H,16,19). The molecule has 1 aromatic carbocycles. The molecule has 0 atom stereocenters. The molecule has 1 aromatic rings. The predicted octanol–water partition coefficient (Wildman–Crippen LogP) is 1.89. The summed E-state index contributed by atoms with van der Waals surface area (Å²) >= 11 is 0. The number of nitrogens with zero attached hydrogens (tertiary/aromatic N) is 2. The smallest absolute Gasteiger partial charge is 0.282 e. The molecule has 0 spiro atoms. The van der Waals surface area contributed by atoms with Gasteiger partial charge in [-0.15, -0.1) is 0 Å². The number of nitrogens with one attached hydrogen (secondary N) is 1. The van der Waals surface area contributed by atoms with Crippen molar-refractivity contribution in [2.24, 2.45) is 0 Å². The molecule has 0 heterocycles. The summed E-state index contributed by atoms with van der Waals surface area (Å²) < 4.78 is 0. The van der Waals surface area contributed by atoms with Crippen LogP contribution in [0.3, 0.4) is 0 Å². The van der Waals surface area contributed by atoms with Crippen LogP contribution in [0, 0.1) is 17.0 Å². The fourth-order valence-corrected chi connectivity index (χ4v) is 2.02. The fourth-order valence-electron chi connectivity index (χ4n) is 2.02. The van der Waals surface area contributed by atoms with E-state index in [9.17, 15) is 19.7 Å². The molecule has 0 aliphatic heterocycles. The van der Waals surface area contributed by atoms with Crippen molar-refractivity contribution in [2.75, 3.05) is 13.1 Å². The van der Waals surface area contributed by atoms with Crippen LogP contribution in [-0.2, 0) is 4.79 Å². The first kappa shape index (κ1) is 17.6. The molecule has 0 unspecified atom stereocenters. The van der Waals surface area contributed by atoms with Crippen molar-refractivity contribution in [3.8, 4) is 0 Å². The van der Waals surface area contributed by atoms with Gasteiger partial charge in [0.1, 0.15) is 5.56 Å². The van der Waals surface area contributed by atoms with Crippen molar-refractivity contribution in [3.05, 3.63) is 39.4 Å². The summed E-state index contributed by atoms with van der Waals surface area (Å²) in [5, 5.41) is 13.8. The van der Waals surface area contributed by atoms with Crippen LogP contribution in [0.15, 0.2) is 18.2 Å². The number of nitro benzene ring substituents is 1. The van der Waals surface area contributed by atoms with Crippen molar-refractivity contribution >= 4 is 17.5 Å². The largest absolute Gasteiger partial charge is 0.352 e. The highest BCUT2D eigenvalue weighted by Crippen LogP contribution is 2.21. The minimum atomic E-state index is -0.589. The first-order valence-corrected chi connectivity index (χ1v) is 7.10. The third-order valence-electron chi connectivity index (χ3n) is 3.03. The lowest BCUT2D eigenvalue weighted by Gasteiger charge is -2.21. The van der Waals surface area contributed by atoms with Crippen molar-refractivity contribution in [2.45, 2.75) is 33.7 Å². The molecule has 1 N–H and O–H groups in total. The van der Waals surface area contributed by atoms with Crippen molar-refractivity contribution in [1.82, 2.24) is 10.2 Å². The summed E-state index contributed by atoms with van der Waals surface area (Å²) in [5.74, 6) is -0.808. The zero-order chi connectivity index (χ0) is 16.9. The Morgan fingerprint density at radius 2 is 2.00 bits per heavy atom. The molecule has 120 valence electrons. The van der Waals surface area contributed by atoms with Gasteiger partial charge in [-0.25, -0.2) is 0 Å². The van der Waals surface area contributed by atoms with Crippen LogP contribution in [0.5, 0.6) is 0 Å². The monoisotopic (exact) mass is 307 g/mol. The Kier molecular flexibility index (Phi) is 6.03. The van der Waals surface area contributed by atoms with E-state index in [0.717, 1.165) is 5.56 Å². The van der Waals surface area contributed by atoms with Gasteiger partial charge in [0.05, 0.1) is 11.5 Å². The molecule has 0 bridgehead atoms. The maximum absolute atomic E-state index is 12.5. The van der Waals surface area contributed by atoms with Crippen LogP contribution in [0.2, 0.25) is 0 Å². The molecular weight excluding hydrogens is 286 g/mol. The SMILES string of the molecule is CCN(CC(=O)NC(C)C)C(=O)c1cc(C)ccc1[N+](=O)[O-]. The molecule has 22 heavy (non-hydrogen) atoms. The molecule has 2 amide bonds. The molecule has 0 radical (unpaired) electrons. The number of amides is 2. The molecule has 0 aliphatic rings. The Morgan fingerprint density at radius 3 is 2.50 bits per heavy atom. The lowest BCUT2D eigenvalue weighted by molar-refractivity contribution is -0.385. The summed E-state index contributed by atoms with van der Waals surface area (Å²) in [6.45, 7) is 7.28. The zero-order valence-electron chi connectivity index (χ0n) is 13.3. The van der Waals surface area contributed by atoms with Crippen LogP contribution in [0.25, 0.3) is 0 Å². The van der Waals surface area contributed by atoms with E-state index in [1.54, 1.807) is 19.9 Å². The Balaban J connectivity index is 3.04. The van der Waals surface area contributed by atoms with E-state index in [1.165, 1.54) is 17.0 Å². The minimum Gasteiger partial charge on any atom is -0.352 e. The number of aryl methyl sites for hydroxylation is 1. The Hall–Kier alpha value is -2.44. The van der Waals surface area contributed by atoms with Gasteiger partial charge in [0.15, 0.2) is 0 Å². The molecule has 0 saturated carbocycles. The normalized spacial score (nSPS) is 10.4. The molecule has 0 saturated heterocycles. The number of hydrogen-bond acceptors (Lipinski definition) is 4. The second-order valence-electron chi connectivity index (χ2n) is 5.32. The third-order valence-corrected chi connectivity index (χ3v) is 3.03. The molecule has 7 nitrogen and oxygen atoms in total. The number of likely N-dealkylation sites (N-methyl/N-ethyl adjacent to an activating group) is 1. The molecule has 7 heteroatoms. The quantitative estimate of drug-likeness (QED) is 0.641. The molecule has 1 rings (SSSR count). The van der Waals surface area contributed by atoms with Crippen LogP contribution in [0.1, 0.15) is 36.7 Å². The zero-order valence-corrected chi connectivity index (χ0v) is 13.3. The van der Waals surface area contributed by atoms with Gasteiger partial charge >= 0.3 is 0 Å². The lowest BCUT2D eigenvalue weighted by Crippen LogP contribution is -2.42. The highest BCUT2D eigenvalue weighted by molar-refractivity contribution is 6.00.